The van der Waals surface area contributed by atoms with Crippen LogP contribution in [0.4, 0.5) is 19.1 Å². The van der Waals surface area contributed by atoms with Gasteiger partial charge in [-0.2, -0.15) is 18.4 Å². The van der Waals surface area contributed by atoms with Gasteiger partial charge in [0, 0.05) is 19.3 Å². The molecule has 0 spiro atoms. The molecule has 0 radical (unpaired) electrons. The molecular weight excluding hydrogens is 233 g/mol. The summed E-state index contributed by atoms with van der Waals surface area (Å²) in [6, 6.07) is 3.25. The third-order valence-electron chi connectivity index (χ3n) is 2.69. The Balaban J connectivity index is 2.13. The highest BCUT2D eigenvalue weighted by molar-refractivity contribution is 5.35. The van der Waals surface area contributed by atoms with Crippen LogP contribution in [0.2, 0.25) is 0 Å². The molecule has 1 saturated heterocycles. The molecule has 0 amide bonds. The van der Waals surface area contributed by atoms with E-state index >= 15 is 0 Å². The van der Waals surface area contributed by atoms with Crippen molar-refractivity contribution in [3.05, 3.63) is 18.0 Å². The highest BCUT2D eigenvalue weighted by atomic mass is 19.4. The molecule has 90 valence electrons. The van der Waals surface area contributed by atoms with Gasteiger partial charge in [0.05, 0.1) is 5.92 Å². The van der Waals surface area contributed by atoms with Crippen LogP contribution in [0, 0.1) is 17.2 Å². The molecule has 2 heterocycles. The summed E-state index contributed by atoms with van der Waals surface area (Å²) >= 11 is 0. The van der Waals surface area contributed by atoms with Crippen molar-refractivity contribution in [3.8, 4) is 6.07 Å². The van der Waals surface area contributed by atoms with E-state index in [0.29, 0.717) is 0 Å². The van der Waals surface area contributed by atoms with E-state index in [-0.39, 0.29) is 31.2 Å². The standard InChI is InChI=1S/C10H9F3N4/c11-10(12,13)7-2-4-17(6-7)9-15-3-1-8(5-14)16-9/h1,3,7H,2,4,6H2. The fraction of sp³-hybridized carbons (Fsp3) is 0.500. The minimum Gasteiger partial charge on any atom is -0.340 e. The summed E-state index contributed by atoms with van der Waals surface area (Å²) < 4.78 is 37.4. The van der Waals surface area contributed by atoms with Crippen LogP contribution in [0.25, 0.3) is 0 Å². The Kier molecular flexibility index (Phi) is 2.88. The van der Waals surface area contributed by atoms with E-state index in [1.54, 1.807) is 0 Å². The van der Waals surface area contributed by atoms with Crippen molar-refractivity contribution in [3.63, 3.8) is 0 Å². The highest BCUT2D eigenvalue weighted by Gasteiger charge is 2.44. The molecule has 2 rings (SSSR count). The Hall–Kier alpha value is -1.84. The fourth-order valence-corrected chi connectivity index (χ4v) is 1.77. The Morgan fingerprint density at radius 1 is 1.47 bits per heavy atom. The van der Waals surface area contributed by atoms with Gasteiger partial charge >= 0.3 is 6.18 Å². The first-order valence-electron chi connectivity index (χ1n) is 5.05. The van der Waals surface area contributed by atoms with Crippen LogP contribution in [0.1, 0.15) is 12.1 Å². The molecule has 4 nitrogen and oxygen atoms in total. The van der Waals surface area contributed by atoms with E-state index in [1.807, 2.05) is 6.07 Å². The van der Waals surface area contributed by atoms with Gasteiger partial charge in [0.1, 0.15) is 11.8 Å². The second kappa shape index (κ2) is 4.20. The first-order chi connectivity index (χ1) is 8.00. The lowest BCUT2D eigenvalue weighted by molar-refractivity contribution is -0.168. The molecule has 0 saturated carbocycles. The molecule has 1 aliphatic heterocycles. The zero-order valence-corrected chi connectivity index (χ0v) is 8.78. The largest absolute Gasteiger partial charge is 0.393 e. The lowest BCUT2D eigenvalue weighted by Gasteiger charge is -2.17. The maximum absolute atomic E-state index is 12.5. The Labute approximate surface area is 95.7 Å². The number of aromatic nitrogens is 2. The highest BCUT2D eigenvalue weighted by Crippen LogP contribution is 2.34. The molecule has 1 atom stereocenters. The number of hydrogen-bond acceptors (Lipinski definition) is 4. The number of nitrogens with zero attached hydrogens (tertiary/aromatic N) is 4. The topological polar surface area (TPSA) is 52.8 Å². The van der Waals surface area contributed by atoms with E-state index in [9.17, 15) is 13.2 Å². The predicted molar refractivity (Wildman–Crippen MR) is 53.1 cm³/mol. The van der Waals surface area contributed by atoms with Gasteiger partial charge in [-0.15, -0.1) is 0 Å². The van der Waals surface area contributed by atoms with Crippen LogP contribution in [0.3, 0.4) is 0 Å². The van der Waals surface area contributed by atoms with Gasteiger partial charge in [0.25, 0.3) is 0 Å². The lowest BCUT2D eigenvalue weighted by Crippen LogP contribution is -2.28. The summed E-state index contributed by atoms with van der Waals surface area (Å²) in [5.41, 5.74) is 0.158. The van der Waals surface area contributed by atoms with Crippen molar-refractivity contribution in [2.45, 2.75) is 12.6 Å². The second-order valence-corrected chi connectivity index (χ2v) is 3.83. The second-order valence-electron chi connectivity index (χ2n) is 3.83. The average molecular weight is 242 g/mol. The number of nitriles is 1. The molecule has 1 aromatic heterocycles. The van der Waals surface area contributed by atoms with E-state index in [0.717, 1.165) is 0 Å². The van der Waals surface area contributed by atoms with Crippen molar-refractivity contribution in [2.24, 2.45) is 5.92 Å². The summed E-state index contributed by atoms with van der Waals surface area (Å²) in [7, 11) is 0. The van der Waals surface area contributed by atoms with Gasteiger partial charge in [-0.25, -0.2) is 9.97 Å². The predicted octanol–water partition coefficient (Wildman–Crippen LogP) is 1.74. The molecule has 1 fully saturated rings. The zero-order valence-electron chi connectivity index (χ0n) is 8.78. The van der Waals surface area contributed by atoms with E-state index in [4.69, 9.17) is 5.26 Å². The summed E-state index contributed by atoms with van der Waals surface area (Å²) in [5, 5.41) is 8.65. The van der Waals surface area contributed by atoms with Gasteiger partial charge in [0.2, 0.25) is 5.95 Å². The van der Waals surface area contributed by atoms with Gasteiger partial charge < -0.3 is 4.90 Å². The number of anilines is 1. The molecule has 0 N–H and O–H groups in total. The van der Waals surface area contributed by atoms with Crippen molar-refractivity contribution in [1.29, 1.82) is 5.26 Å². The number of rotatable bonds is 1. The van der Waals surface area contributed by atoms with Crippen molar-refractivity contribution in [1.82, 2.24) is 9.97 Å². The van der Waals surface area contributed by atoms with Gasteiger partial charge in [-0.05, 0) is 12.5 Å². The number of alkyl halides is 3. The maximum Gasteiger partial charge on any atom is 0.393 e. The smallest absolute Gasteiger partial charge is 0.340 e. The van der Waals surface area contributed by atoms with E-state index < -0.39 is 12.1 Å². The maximum atomic E-state index is 12.5. The molecular formula is C10H9F3N4. The first-order valence-corrected chi connectivity index (χ1v) is 5.05. The third kappa shape index (κ3) is 2.46. The fourth-order valence-electron chi connectivity index (χ4n) is 1.77. The zero-order chi connectivity index (χ0) is 12.5. The first kappa shape index (κ1) is 11.6. The minimum absolute atomic E-state index is 0.0453. The monoisotopic (exact) mass is 242 g/mol. The normalized spacial score (nSPS) is 20.4. The van der Waals surface area contributed by atoms with Crippen LogP contribution in [0.15, 0.2) is 12.3 Å². The summed E-state index contributed by atoms with van der Waals surface area (Å²) in [6.07, 6.45) is -2.76. The summed E-state index contributed by atoms with van der Waals surface area (Å²) in [4.78, 5) is 9.22. The molecule has 0 aromatic carbocycles. The van der Waals surface area contributed by atoms with Crippen LogP contribution in [0.5, 0.6) is 0 Å². The van der Waals surface area contributed by atoms with Gasteiger partial charge in [-0.1, -0.05) is 0 Å². The molecule has 1 aliphatic rings. The molecule has 17 heavy (non-hydrogen) atoms. The number of halogens is 3. The van der Waals surface area contributed by atoms with Crippen molar-refractivity contribution < 1.29 is 13.2 Å². The molecule has 0 bridgehead atoms. The SMILES string of the molecule is N#Cc1ccnc(N2CCC(C(F)(F)F)C2)n1. The number of hydrogen-bond donors (Lipinski definition) is 0. The van der Waals surface area contributed by atoms with Crippen LogP contribution in [-0.2, 0) is 0 Å². The summed E-state index contributed by atoms with van der Waals surface area (Å²) in [6.45, 7) is 0.122. The Morgan fingerprint density at radius 2 is 2.24 bits per heavy atom. The van der Waals surface area contributed by atoms with Crippen LogP contribution >= 0.6 is 0 Å². The Bertz CT molecular complexity index is 452. The van der Waals surface area contributed by atoms with Gasteiger partial charge in [0.15, 0.2) is 0 Å². The minimum atomic E-state index is -4.18. The van der Waals surface area contributed by atoms with Gasteiger partial charge in [-0.3, -0.25) is 0 Å². The lowest BCUT2D eigenvalue weighted by atomic mass is 10.1. The van der Waals surface area contributed by atoms with Crippen molar-refractivity contribution in [2.75, 3.05) is 18.0 Å². The molecule has 7 heteroatoms. The quantitative estimate of drug-likeness (QED) is 0.752. The van der Waals surface area contributed by atoms with E-state index in [2.05, 4.69) is 9.97 Å². The summed E-state index contributed by atoms with van der Waals surface area (Å²) in [5.74, 6) is -1.15. The third-order valence-corrected chi connectivity index (χ3v) is 2.69. The molecule has 1 aromatic rings. The van der Waals surface area contributed by atoms with Crippen LogP contribution < -0.4 is 4.90 Å². The van der Waals surface area contributed by atoms with Crippen LogP contribution in [-0.4, -0.2) is 29.2 Å². The average Bonchev–Trinajstić information content (AvgIpc) is 2.78. The molecule has 0 aliphatic carbocycles. The Morgan fingerprint density at radius 3 is 2.82 bits per heavy atom. The molecule has 1 unspecified atom stereocenters. The van der Waals surface area contributed by atoms with Crippen molar-refractivity contribution >= 4 is 5.95 Å². The van der Waals surface area contributed by atoms with E-state index in [1.165, 1.54) is 17.2 Å².